The molecule has 28 heavy (non-hydrogen) atoms. The van der Waals surface area contributed by atoms with Crippen molar-refractivity contribution in [2.24, 2.45) is 0 Å². The second-order valence-corrected chi connectivity index (χ2v) is 7.59. The highest BCUT2D eigenvalue weighted by Gasteiger charge is 2.55. The van der Waals surface area contributed by atoms with E-state index in [-0.39, 0.29) is 11.8 Å². The number of nitrogens with zero attached hydrogens (tertiary/aromatic N) is 1. The fourth-order valence-electron chi connectivity index (χ4n) is 4.83. The van der Waals surface area contributed by atoms with Gasteiger partial charge in [0.1, 0.15) is 5.76 Å². The summed E-state index contributed by atoms with van der Waals surface area (Å²) < 4.78 is 10.6. The van der Waals surface area contributed by atoms with Crippen molar-refractivity contribution in [2.45, 2.75) is 43.7 Å². The fraction of sp³-hybridized carbons (Fsp3) is 0.455. The Morgan fingerprint density at radius 2 is 2.04 bits per heavy atom. The zero-order valence-electron chi connectivity index (χ0n) is 16.1. The van der Waals surface area contributed by atoms with Crippen molar-refractivity contribution < 1.29 is 18.7 Å². The minimum atomic E-state index is -0.518. The molecule has 2 aliphatic rings. The molecule has 148 valence electrons. The third-order valence-electron chi connectivity index (χ3n) is 6.05. The summed E-state index contributed by atoms with van der Waals surface area (Å²) in [7, 11) is 1.62. The van der Waals surface area contributed by atoms with Gasteiger partial charge in [-0.1, -0.05) is 31.0 Å². The predicted octanol–water partition coefficient (Wildman–Crippen LogP) is 3.09. The van der Waals surface area contributed by atoms with E-state index in [2.05, 4.69) is 5.32 Å². The third-order valence-corrected chi connectivity index (χ3v) is 6.05. The molecule has 1 aromatic heterocycles. The van der Waals surface area contributed by atoms with Gasteiger partial charge in [-0.3, -0.25) is 9.59 Å². The van der Waals surface area contributed by atoms with Crippen LogP contribution in [0.5, 0.6) is 0 Å². The molecule has 1 saturated carbocycles. The summed E-state index contributed by atoms with van der Waals surface area (Å²) >= 11 is 0. The summed E-state index contributed by atoms with van der Waals surface area (Å²) in [6.07, 6.45) is 5.26. The number of carbonyl (C=O) groups excluding carboxylic acids is 2. The van der Waals surface area contributed by atoms with E-state index in [0.29, 0.717) is 25.3 Å². The summed E-state index contributed by atoms with van der Waals surface area (Å²) in [6, 6.07) is 11.2. The first kappa shape index (κ1) is 18.7. The zero-order valence-corrected chi connectivity index (χ0v) is 16.1. The topological polar surface area (TPSA) is 71.8 Å². The lowest BCUT2D eigenvalue weighted by Crippen LogP contribution is -2.60. The van der Waals surface area contributed by atoms with Crippen LogP contribution in [0.2, 0.25) is 0 Å². The van der Waals surface area contributed by atoms with Crippen molar-refractivity contribution in [3.63, 3.8) is 0 Å². The monoisotopic (exact) mass is 382 g/mol. The second kappa shape index (κ2) is 7.80. The first-order chi connectivity index (χ1) is 13.7. The number of ether oxygens (including phenoxy) is 1. The van der Waals surface area contributed by atoms with Gasteiger partial charge in [0.15, 0.2) is 0 Å². The summed E-state index contributed by atoms with van der Waals surface area (Å²) in [4.78, 5) is 28.7. The Hall–Kier alpha value is -2.60. The van der Waals surface area contributed by atoms with E-state index in [1.165, 1.54) is 0 Å². The molecule has 1 spiro atoms. The van der Waals surface area contributed by atoms with Crippen molar-refractivity contribution >= 4 is 11.8 Å². The van der Waals surface area contributed by atoms with E-state index in [1.807, 2.05) is 41.3 Å². The molecule has 1 N–H and O–H groups in total. The van der Waals surface area contributed by atoms with Crippen molar-refractivity contribution in [3.05, 3.63) is 59.5 Å². The molecule has 1 aliphatic carbocycles. The van der Waals surface area contributed by atoms with Gasteiger partial charge in [-0.25, -0.2) is 0 Å². The highest BCUT2D eigenvalue weighted by atomic mass is 16.5. The first-order valence-electron chi connectivity index (χ1n) is 9.87. The average molecular weight is 382 g/mol. The van der Waals surface area contributed by atoms with Crippen molar-refractivity contribution in [1.82, 2.24) is 10.2 Å². The smallest absolute Gasteiger partial charge is 0.255 e. The van der Waals surface area contributed by atoms with Gasteiger partial charge >= 0.3 is 0 Å². The summed E-state index contributed by atoms with van der Waals surface area (Å²) in [6.45, 7) is 1.29. The zero-order chi connectivity index (χ0) is 19.6. The van der Waals surface area contributed by atoms with Gasteiger partial charge in [0, 0.05) is 19.2 Å². The van der Waals surface area contributed by atoms with Crippen LogP contribution in [0, 0.1) is 0 Å². The van der Waals surface area contributed by atoms with Crippen LogP contribution >= 0.6 is 0 Å². The number of fused-ring (bicyclic) bond motifs is 1. The second-order valence-electron chi connectivity index (χ2n) is 7.59. The molecule has 1 aliphatic heterocycles. The molecule has 1 aromatic carbocycles. The molecule has 2 amide bonds. The molecular formula is C22H26N2O4. The summed E-state index contributed by atoms with van der Waals surface area (Å²) in [5.41, 5.74) is 0.925. The molecule has 6 nitrogen and oxygen atoms in total. The normalized spacial score (nSPS) is 20.4. The van der Waals surface area contributed by atoms with Gasteiger partial charge in [-0.2, -0.15) is 0 Å². The van der Waals surface area contributed by atoms with Crippen LogP contribution in [0.15, 0.2) is 47.1 Å². The molecule has 0 bridgehead atoms. The maximum absolute atomic E-state index is 13.5. The SMILES string of the molecule is COCCNC(=O)[C@@H]1c2ccccc2C(=O)N(Cc2ccco2)C12CCCC2. The Balaban J connectivity index is 1.78. The standard InChI is InChI=1S/C22H26N2O4/c1-27-14-12-23-20(25)19-17-8-2-3-9-18(17)21(26)24(15-16-7-6-13-28-16)22(19)10-4-5-11-22/h2-3,6-9,13,19H,4-5,10-12,14-15H2,1H3,(H,23,25)/t19-/m0/s1. The van der Waals surface area contributed by atoms with E-state index < -0.39 is 11.5 Å². The van der Waals surface area contributed by atoms with Crippen LogP contribution in [0.25, 0.3) is 0 Å². The molecule has 0 radical (unpaired) electrons. The molecule has 2 heterocycles. The van der Waals surface area contributed by atoms with Crippen LogP contribution in [-0.2, 0) is 16.1 Å². The lowest BCUT2D eigenvalue weighted by atomic mass is 9.71. The number of hydrogen-bond donors (Lipinski definition) is 1. The van der Waals surface area contributed by atoms with E-state index in [9.17, 15) is 9.59 Å². The van der Waals surface area contributed by atoms with Crippen molar-refractivity contribution in [1.29, 1.82) is 0 Å². The number of rotatable bonds is 6. The number of nitrogens with one attached hydrogen (secondary N) is 1. The van der Waals surface area contributed by atoms with Gasteiger partial charge < -0.3 is 19.4 Å². The quantitative estimate of drug-likeness (QED) is 0.780. The van der Waals surface area contributed by atoms with Crippen molar-refractivity contribution in [3.8, 4) is 0 Å². The number of benzene rings is 1. The van der Waals surface area contributed by atoms with Crippen LogP contribution < -0.4 is 5.32 Å². The number of methoxy groups -OCH3 is 1. The van der Waals surface area contributed by atoms with Gasteiger partial charge in [-0.15, -0.1) is 0 Å². The molecule has 2 aromatic rings. The molecule has 1 fully saturated rings. The number of carbonyl (C=O) groups is 2. The number of furan rings is 1. The fourth-order valence-corrected chi connectivity index (χ4v) is 4.83. The van der Waals surface area contributed by atoms with Crippen LogP contribution in [0.1, 0.15) is 53.3 Å². The maximum Gasteiger partial charge on any atom is 0.255 e. The van der Waals surface area contributed by atoms with Gasteiger partial charge in [0.2, 0.25) is 5.91 Å². The lowest BCUT2D eigenvalue weighted by molar-refractivity contribution is -0.126. The number of amides is 2. The third kappa shape index (κ3) is 3.11. The maximum atomic E-state index is 13.5. The highest BCUT2D eigenvalue weighted by Crippen LogP contribution is 2.50. The van der Waals surface area contributed by atoms with Crippen LogP contribution in [0.4, 0.5) is 0 Å². The first-order valence-corrected chi connectivity index (χ1v) is 9.87. The Morgan fingerprint density at radius 1 is 1.25 bits per heavy atom. The van der Waals surface area contributed by atoms with Gasteiger partial charge in [-0.05, 0) is 36.6 Å². The Kier molecular flexibility index (Phi) is 5.22. The minimum Gasteiger partial charge on any atom is -0.467 e. The van der Waals surface area contributed by atoms with E-state index in [4.69, 9.17) is 9.15 Å². The predicted molar refractivity (Wildman–Crippen MR) is 104 cm³/mol. The Labute approximate surface area is 164 Å². The minimum absolute atomic E-state index is 0.0187. The Morgan fingerprint density at radius 3 is 2.75 bits per heavy atom. The number of hydrogen-bond acceptors (Lipinski definition) is 4. The lowest BCUT2D eigenvalue weighted by Gasteiger charge is -2.49. The van der Waals surface area contributed by atoms with E-state index >= 15 is 0 Å². The van der Waals surface area contributed by atoms with Crippen LogP contribution in [0.3, 0.4) is 0 Å². The highest BCUT2D eigenvalue weighted by molar-refractivity contribution is 6.02. The molecule has 4 rings (SSSR count). The largest absolute Gasteiger partial charge is 0.467 e. The molecular weight excluding hydrogens is 356 g/mol. The molecule has 6 heteroatoms. The van der Waals surface area contributed by atoms with Gasteiger partial charge in [0.05, 0.1) is 30.9 Å². The summed E-state index contributed by atoms with van der Waals surface area (Å²) in [5.74, 6) is 0.284. The Bertz CT molecular complexity index is 840. The van der Waals surface area contributed by atoms with Crippen LogP contribution in [-0.4, -0.2) is 42.5 Å². The molecule has 1 atom stereocenters. The average Bonchev–Trinajstić information content (AvgIpc) is 3.38. The van der Waals surface area contributed by atoms with Crippen molar-refractivity contribution in [2.75, 3.05) is 20.3 Å². The molecule has 0 unspecified atom stereocenters. The van der Waals surface area contributed by atoms with E-state index in [1.54, 1.807) is 13.4 Å². The van der Waals surface area contributed by atoms with E-state index in [0.717, 1.165) is 37.0 Å². The molecule has 0 saturated heterocycles. The summed E-state index contributed by atoms with van der Waals surface area (Å²) in [5, 5.41) is 3.01. The van der Waals surface area contributed by atoms with Gasteiger partial charge in [0.25, 0.3) is 5.91 Å².